The van der Waals surface area contributed by atoms with E-state index in [4.69, 9.17) is 15.0 Å². The summed E-state index contributed by atoms with van der Waals surface area (Å²) in [6.45, 7) is 0. The fourth-order valence-electron chi connectivity index (χ4n) is 7.74. The molecule has 6 aromatic carbocycles. The van der Waals surface area contributed by atoms with Crippen LogP contribution in [-0.4, -0.2) is 23.8 Å². The van der Waals surface area contributed by atoms with Gasteiger partial charge in [-0.3, -0.25) is 13.8 Å². The highest BCUT2D eigenvalue weighted by atomic mass is 15.0. The quantitative estimate of drug-likeness (QED) is 0.183. The zero-order chi connectivity index (χ0) is 31.3. The van der Waals surface area contributed by atoms with E-state index in [2.05, 4.69) is 148 Å². The number of rotatable bonds is 2. The number of fused-ring (bicyclic) bond motifs is 16. The van der Waals surface area contributed by atoms with Crippen LogP contribution < -0.4 is 0 Å². The summed E-state index contributed by atoms with van der Waals surface area (Å²) >= 11 is 0. The van der Waals surface area contributed by atoms with Crippen molar-refractivity contribution < 1.29 is 0 Å². The van der Waals surface area contributed by atoms with Gasteiger partial charge in [-0.2, -0.15) is 0 Å². The molecule has 5 heterocycles. The molecule has 0 bridgehead atoms. The minimum Gasteiger partial charge on any atom is -0.292 e. The minimum atomic E-state index is 0.987. The second-order valence-corrected chi connectivity index (χ2v) is 12.5. The third kappa shape index (κ3) is 3.47. The summed E-state index contributed by atoms with van der Waals surface area (Å²) in [5.41, 5.74) is 12.9. The second-order valence-electron chi connectivity index (χ2n) is 12.5. The van der Waals surface area contributed by atoms with Crippen molar-refractivity contribution in [1.29, 1.82) is 0 Å². The highest BCUT2D eigenvalue weighted by Gasteiger charge is 2.16. The first-order valence-corrected chi connectivity index (χ1v) is 16.2. The molecule has 0 saturated carbocycles. The van der Waals surface area contributed by atoms with Crippen LogP contribution in [0.2, 0.25) is 0 Å². The number of imidazole rings is 2. The molecule has 0 spiro atoms. The van der Waals surface area contributed by atoms with Crippen molar-refractivity contribution in [2.24, 2.45) is 0 Å². The smallest absolute Gasteiger partial charge is 0.146 e. The maximum absolute atomic E-state index is 5.04. The molecule has 0 amide bonds. The Bertz CT molecular complexity index is 2920. The van der Waals surface area contributed by atoms with E-state index in [1.165, 1.54) is 21.5 Å². The number of hydrogen-bond acceptors (Lipinski definition) is 3. The van der Waals surface area contributed by atoms with Crippen LogP contribution in [0.15, 0.2) is 152 Å². The molecule has 222 valence electrons. The van der Waals surface area contributed by atoms with Gasteiger partial charge in [0.15, 0.2) is 0 Å². The lowest BCUT2D eigenvalue weighted by atomic mass is 9.97. The molecule has 0 fully saturated rings. The molecule has 0 radical (unpaired) electrons. The molecule has 5 aromatic heterocycles. The van der Waals surface area contributed by atoms with Crippen LogP contribution in [0.5, 0.6) is 0 Å². The van der Waals surface area contributed by atoms with Crippen LogP contribution in [0.1, 0.15) is 0 Å². The van der Waals surface area contributed by atoms with Crippen molar-refractivity contribution in [2.45, 2.75) is 0 Å². The van der Waals surface area contributed by atoms with E-state index in [0.29, 0.717) is 0 Å². The Morgan fingerprint density at radius 1 is 0.333 bits per heavy atom. The van der Waals surface area contributed by atoms with Crippen LogP contribution >= 0.6 is 0 Å². The van der Waals surface area contributed by atoms with Crippen molar-refractivity contribution in [3.8, 4) is 22.3 Å². The fraction of sp³-hybridized carbons (Fsp3) is 0. The van der Waals surface area contributed by atoms with Crippen LogP contribution in [0.4, 0.5) is 0 Å². The Morgan fingerprint density at radius 3 is 1.27 bits per heavy atom. The minimum absolute atomic E-state index is 0.987. The lowest BCUT2D eigenvalue weighted by molar-refractivity contribution is 1.31. The Kier molecular flexibility index (Phi) is 5.05. The van der Waals surface area contributed by atoms with E-state index in [9.17, 15) is 0 Å². The van der Waals surface area contributed by atoms with E-state index in [-0.39, 0.29) is 0 Å². The maximum Gasteiger partial charge on any atom is 0.146 e. The van der Waals surface area contributed by atoms with Crippen LogP contribution in [0.25, 0.3) is 99.0 Å². The van der Waals surface area contributed by atoms with Gasteiger partial charge in [0.05, 0.1) is 33.1 Å². The molecule has 0 aliphatic rings. The van der Waals surface area contributed by atoms with Gasteiger partial charge in [0.1, 0.15) is 11.3 Å². The summed E-state index contributed by atoms with van der Waals surface area (Å²) in [7, 11) is 0. The van der Waals surface area contributed by atoms with Gasteiger partial charge >= 0.3 is 0 Å². The van der Waals surface area contributed by atoms with Gasteiger partial charge < -0.3 is 0 Å². The van der Waals surface area contributed by atoms with E-state index >= 15 is 0 Å². The van der Waals surface area contributed by atoms with Crippen LogP contribution in [0, 0.1) is 0 Å². The number of para-hydroxylation sites is 4. The SMILES string of the molecule is c1ccc2c(c1)nc1c3ccccc3c3cc(-c4cncc(-c5ccc6c(c5)c5ccccc5c5nc7ccccc7n65)c4)ccc3n21. The van der Waals surface area contributed by atoms with Gasteiger partial charge in [-0.15, -0.1) is 0 Å². The van der Waals surface area contributed by atoms with Gasteiger partial charge in [0, 0.05) is 45.1 Å². The first-order valence-electron chi connectivity index (χ1n) is 16.2. The fourth-order valence-corrected chi connectivity index (χ4v) is 7.74. The van der Waals surface area contributed by atoms with Crippen molar-refractivity contribution in [3.63, 3.8) is 0 Å². The third-order valence-corrected chi connectivity index (χ3v) is 9.92. The van der Waals surface area contributed by atoms with Gasteiger partial charge in [-0.1, -0.05) is 84.9 Å². The molecule has 0 atom stereocenters. The highest BCUT2D eigenvalue weighted by Crippen LogP contribution is 2.37. The zero-order valence-corrected chi connectivity index (χ0v) is 25.7. The topological polar surface area (TPSA) is 47.5 Å². The molecule has 0 unspecified atom stereocenters. The number of aromatic nitrogens is 5. The number of hydrogen-bond donors (Lipinski definition) is 0. The predicted molar refractivity (Wildman–Crippen MR) is 198 cm³/mol. The van der Waals surface area contributed by atoms with Gasteiger partial charge in [-0.25, -0.2) is 9.97 Å². The summed E-state index contributed by atoms with van der Waals surface area (Å²) < 4.78 is 4.59. The molecule has 5 heteroatoms. The number of pyridine rings is 3. The summed E-state index contributed by atoms with van der Waals surface area (Å²) in [5.74, 6) is 0. The van der Waals surface area contributed by atoms with Gasteiger partial charge in [0.25, 0.3) is 0 Å². The van der Waals surface area contributed by atoms with Crippen molar-refractivity contribution in [1.82, 2.24) is 23.8 Å². The Hall–Kier alpha value is -6.59. The first-order chi connectivity index (χ1) is 23.8. The summed E-state index contributed by atoms with van der Waals surface area (Å²) in [6, 6.07) is 49.7. The van der Waals surface area contributed by atoms with Crippen LogP contribution in [0.3, 0.4) is 0 Å². The third-order valence-electron chi connectivity index (χ3n) is 9.92. The lowest BCUT2D eigenvalue weighted by Gasteiger charge is -2.13. The molecule has 0 saturated heterocycles. The van der Waals surface area contributed by atoms with E-state index in [0.717, 1.165) is 77.4 Å². The lowest BCUT2D eigenvalue weighted by Crippen LogP contribution is -1.93. The summed E-state index contributed by atoms with van der Waals surface area (Å²) in [5, 5.41) is 7.07. The summed E-state index contributed by atoms with van der Waals surface area (Å²) in [4.78, 5) is 14.8. The summed E-state index contributed by atoms with van der Waals surface area (Å²) in [6.07, 6.45) is 3.94. The molecule has 11 aromatic rings. The standard InChI is InChI=1S/C43H25N5/c1-3-11-32-30(9-1)34-22-26(17-19-38(34)47-40-15-7-5-13-36(40)45-42(32)47)28-21-29(25-44-24-28)27-18-20-39-35(23-27)31-10-2-4-12-33(31)43-46-37-14-6-8-16-41(37)48(39)43/h1-25H. The number of benzene rings is 6. The predicted octanol–water partition coefficient (Wildman–Crippen LogP) is 10.6. The van der Waals surface area contributed by atoms with E-state index in [1.807, 2.05) is 12.4 Å². The normalized spacial score (nSPS) is 12.2. The molecule has 0 aliphatic heterocycles. The molecule has 11 rings (SSSR count). The van der Waals surface area contributed by atoms with Crippen molar-refractivity contribution in [2.75, 3.05) is 0 Å². The number of nitrogens with zero attached hydrogens (tertiary/aromatic N) is 5. The van der Waals surface area contributed by atoms with Crippen molar-refractivity contribution >= 4 is 76.7 Å². The zero-order valence-electron chi connectivity index (χ0n) is 25.7. The largest absolute Gasteiger partial charge is 0.292 e. The van der Waals surface area contributed by atoms with Crippen LogP contribution in [-0.2, 0) is 0 Å². The van der Waals surface area contributed by atoms with Crippen molar-refractivity contribution in [3.05, 3.63) is 152 Å². The Labute approximate surface area is 274 Å². The van der Waals surface area contributed by atoms with E-state index in [1.54, 1.807) is 0 Å². The monoisotopic (exact) mass is 611 g/mol. The van der Waals surface area contributed by atoms with E-state index < -0.39 is 0 Å². The molecule has 0 aliphatic carbocycles. The maximum atomic E-state index is 5.04. The average molecular weight is 612 g/mol. The molecule has 48 heavy (non-hydrogen) atoms. The highest BCUT2D eigenvalue weighted by molar-refractivity contribution is 6.16. The molecular weight excluding hydrogens is 587 g/mol. The molecule has 5 nitrogen and oxygen atoms in total. The first kappa shape index (κ1) is 25.6. The Morgan fingerprint density at radius 2 is 0.771 bits per heavy atom. The molecular formula is C43H25N5. The van der Waals surface area contributed by atoms with Gasteiger partial charge in [0.2, 0.25) is 0 Å². The average Bonchev–Trinajstić information content (AvgIpc) is 3.75. The molecule has 0 N–H and O–H groups in total. The Balaban J connectivity index is 1.12. The second kappa shape index (κ2) is 9.47. The van der Waals surface area contributed by atoms with Gasteiger partial charge in [-0.05, 0) is 76.5 Å².